The van der Waals surface area contributed by atoms with Crippen LogP contribution in [0.4, 0.5) is 0 Å². The largest absolute Gasteiger partial charge is 0.464 e. The van der Waals surface area contributed by atoms with Crippen molar-refractivity contribution in [3.63, 3.8) is 0 Å². The van der Waals surface area contributed by atoms with Crippen molar-refractivity contribution < 1.29 is 9.52 Å². The number of aryl methyl sites for hydroxylation is 1. The average molecular weight is 242 g/mol. The first-order valence-electron chi connectivity index (χ1n) is 5.86. The number of benzene rings is 1. The monoisotopic (exact) mass is 242 g/mol. The molecule has 0 bridgehead atoms. The van der Waals surface area contributed by atoms with Crippen LogP contribution in [0, 0.1) is 0 Å². The number of fused-ring (bicyclic) bond motifs is 1. The van der Waals surface area contributed by atoms with Gasteiger partial charge >= 0.3 is 0 Å². The smallest absolute Gasteiger partial charge is 0.134 e. The molecule has 0 aliphatic carbocycles. The number of nitrogens with zero attached hydrogens (tertiary/aromatic N) is 2. The summed E-state index contributed by atoms with van der Waals surface area (Å²) in [5.74, 6) is 0. The third-order valence-corrected chi connectivity index (χ3v) is 3.06. The molecule has 92 valence electrons. The Morgan fingerprint density at radius 2 is 2.22 bits per heavy atom. The Morgan fingerprint density at radius 3 is 3.00 bits per heavy atom. The van der Waals surface area contributed by atoms with Crippen molar-refractivity contribution in [1.82, 2.24) is 9.78 Å². The molecule has 0 radical (unpaired) electrons. The van der Waals surface area contributed by atoms with Crippen LogP contribution >= 0.6 is 0 Å². The average Bonchev–Trinajstić information content (AvgIpc) is 2.95. The molecule has 2 heterocycles. The quantitative estimate of drug-likeness (QED) is 0.767. The Morgan fingerprint density at radius 1 is 1.39 bits per heavy atom. The van der Waals surface area contributed by atoms with E-state index in [0.717, 1.165) is 22.1 Å². The molecule has 0 amide bonds. The number of para-hydroxylation sites is 1. The number of aliphatic hydroxyl groups is 1. The summed E-state index contributed by atoms with van der Waals surface area (Å²) in [6, 6.07) is 7.72. The van der Waals surface area contributed by atoms with Gasteiger partial charge < -0.3 is 9.52 Å². The molecule has 0 saturated heterocycles. The maximum absolute atomic E-state index is 10.3. The first-order valence-corrected chi connectivity index (χ1v) is 5.86. The van der Waals surface area contributed by atoms with Crippen molar-refractivity contribution in [2.24, 2.45) is 7.05 Å². The molecule has 0 fully saturated rings. The molecule has 0 aliphatic rings. The van der Waals surface area contributed by atoms with E-state index in [0.29, 0.717) is 6.42 Å². The van der Waals surface area contributed by atoms with Crippen LogP contribution < -0.4 is 0 Å². The Hall–Kier alpha value is -2.07. The van der Waals surface area contributed by atoms with Gasteiger partial charge in [-0.25, -0.2) is 0 Å². The Bertz CT molecular complexity index is 669. The minimum absolute atomic E-state index is 0.539. The third-order valence-electron chi connectivity index (χ3n) is 3.06. The van der Waals surface area contributed by atoms with Crippen LogP contribution in [0.1, 0.15) is 17.2 Å². The molecule has 4 heteroatoms. The topological polar surface area (TPSA) is 51.2 Å². The van der Waals surface area contributed by atoms with Gasteiger partial charge in [0, 0.05) is 30.6 Å². The van der Waals surface area contributed by atoms with Gasteiger partial charge in [-0.2, -0.15) is 5.10 Å². The molecule has 3 aromatic rings. The van der Waals surface area contributed by atoms with E-state index in [-0.39, 0.29) is 0 Å². The molecule has 1 aromatic carbocycles. The van der Waals surface area contributed by atoms with E-state index in [1.165, 1.54) is 0 Å². The predicted molar refractivity (Wildman–Crippen MR) is 68.1 cm³/mol. The fourth-order valence-electron chi connectivity index (χ4n) is 2.17. The molecule has 0 aliphatic heterocycles. The van der Waals surface area contributed by atoms with Gasteiger partial charge in [0.05, 0.1) is 18.6 Å². The minimum Gasteiger partial charge on any atom is -0.464 e. The predicted octanol–water partition coefficient (Wildman–Crippen LogP) is 2.44. The maximum atomic E-state index is 10.3. The number of aromatic nitrogens is 2. The van der Waals surface area contributed by atoms with Crippen LogP contribution in [-0.2, 0) is 13.5 Å². The van der Waals surface area contributed by atoms with Gasteiger partial charge in [0.2, 0.25) is 0 Å². The SMILES string of the molecule is Cn1cc(CC(O)c2coc3ccccc23)cn1. The molecule has 4 nitrogen and oxygen atoms in total. The minimum atomic E-state index is -0.571. The number of hydrogen-bond donors (Lipinski definition) is 1. The highest BCUT2D eigenvalue weighted by Gasteiger charge is 2.15. The lowest BCUT2D eigenvalue weighted by atomic mass is 10.0. The van der Waals surface area contributed by atoms with E-state index in [1.807, 2.05) is 37.5 Å². The third kappa shape index (κ3) is 1.91. The second kappa shape index (κ2) is 4.31. The Labute approximate surface area is 104 Å². The fourth-order valence-corrected chi connectivity index (χ4v) is 2.17. The summed E-state index contributed by atoms with van der Waals surface area (Å²) in [5.41, 5.74) is 2.64. The number of hydrogen-bond acceptors (Lipinski definition) is 3. The van der Waals surface area contributed by atoms with Crippen molar-refractivity contribution in [3.05, 3.63) is 54.0 Å². The van der Waals surface area contributed by atoms with Gasteiger partial charge in [-0.3, -0.25) is 4.68 Å². The summed E-state index contributed by atoms with van der Waals surface area (Å²) < 4.78 is 7.16. The van der Waals surface area contributed by atoms with Crippen LogP contribution in [0.3, 0.4) is 0 Å². The lowest BCUT2D eigenvalue weighted by Gasteiger charge is -2.07. The van der Waals surface area contributed by atoms with Gasteiger partial charge in [0.1, 0.15) is 5.58 Å². The van der Waals surface area contributed by atoms with Crippen molar-refractivity contribution in [3.8, 4) is 0 Å². The fraction of sp³-hybridized carbons (Fsp3) is 0.214. The summed E-state index contributed by atoms with van der Waals surface area (Å²) >= 11 is 0. The second-order valence-corrected chi connectivity index (χ2v) is 4.43. The lowest BCUT2D eigenvalue weighted by Crippen LogP contribution is -2.00. The van der Waals surface area contributed by atoms with Crippen molar-refractivity contribution in [2.75, 3.05) is 0 Å². The van der Waals surface area contributed by atoms with Gasteiger partial charge in [-0.15, -0.1) is 0 Å². The van der Waals surface area contributed by atoms with E-state index in [1.54, 1.807) is 17.1 Å². The van der Waals surface area contributed by atoms with Crippen molar-refractivity contribution in [2.45, 2.75) is 12.5 Å². The first kappa shape index (κ1) is 11.0. The van der Waals surface area contributed by atoms with Crippen LogP contribution in [0.25, 0.3) is 11.0 Å². The zero-order chi connectivity index (χ0) is 12.5. The second-order valence-electron chi connectivity index (χ2n) is 4.43. The van der Waals surface area contributed by atoms with E-state index >= 15 is 0 Å². The van der Waals surface area contributed by atoms with E-state index in [2.05, 4.69) is 5.10 Å². The van der Waals surface area contributed by atoms with Crippen LogP contribution in [0.15, 0.2) is 47.3 Å². The van der Waals surface area contributed by atoms with E-state index in [9.17, 15) is 5.11 Å². The summed E-state index contributed by atoms with van der Waals surface area (Å²) in [6.45, 7) is 0. The molecule has 2 aromatic heterocycles. The summed E-state index contributed by atoms with van der Waals surface area (Å²) in [6.07, 6.45) is 5.28. The molecule has 1 N–H and O–H groups in total. The molecule has 3 rings (SSSR count). The van der Waals surface area contributed by atoms with Crippen molar-refractivity contribution in [1.29, 1.82) is 0 Å². The lowest BCUT2D eigenvalue weighted by molar-refractivity contribution is 0.179. The van der Waals surface area contributed by atoms with Gasteiger partial charge in [-0.1, -0.05) is 18.2 Å². The standard InChI is InChI=1S/C14H14N2O2/c1-16-8-10(7-15-16)6-13(17)12-9-18-14-5-3-2-4-11(12)14/h2-5,7-9,13,17H,6H2,1H3. The summed E-state index contributed by atoms with van der Waals surface area (Å²) in [4.78, 5) is 0. The molecular weight excluding hydrogens is 228 g/mol. The highest BCUT2D eigenvalue weighted by molar-refractivity contribution is 5.81. The molecule has 0 saturated carbocycles. The Kier molecular flexibility index (Phi) is 2.64. The van der Waals surface area contributed by atoms with Crippen LogP contribution in [0.2, 0.25) is 0 Å². The number of rotatable bonds is 3. The zero-order valence-corrected chi connectivity index (χ0v) is 10.1. The van der Waals surface area contributed by atoms with Crippen molar-refractivity contribution >= 4 is 11.0 Å². The number of aliphatic hydroxyl groups excluding tert-OH is 1. The van der Waals surface area contributed by atoms with Gasteiger partial charge in [0.25, 0.3) is 0 Å². The molecule has 1 atom stereocenters. The summed E-state index contributed by atoms with van der Waals surface area (Å²) in [7, 11) is 1.86. The number of furan rings is 1. The molecule has 1 unspecified atom stereocenters. The first-order chi connectivity index (χ1) is 8.74. The van der Waals surface area contributed by atoms with Gasteiger partial charge in [-0.05, 0) is 11.6 Å². The normalized spacial score (nSPS) is 13.0. The van der Waals surface area contributed by atoms with Crippen LogP contribution in [0.5, 0.6) is 0 Å². The zero-order valence-electron chi connectivity index (χ0n) is 10.1. The summed E-state index contributed by atoms with van der Waals surface area (Å²) in [5, 5.41) is 15.3. The maximum Gasteiger partial charge on any atom is 0.134 e. The molecule has 18 heavy (non-hydrogen) atoms. The molecule has 0 spiro atoms. The van der Waals surface area contributed by atoms with Gasteiger partial charge in [0.15, 0.2) is 0 Å². The van der Waals surface area contributed by atoms with E-state index < -0.39 is 6.10 Å². The molecular formula is C14H14N2O2. The highest BCUT2D eigenvalue weighted by Crippen LogP contribution is 2.28. The van der Waals surface area contributed by atoms with Crippen LogP contribution in [-0.4, -0.2) is 14.9 Å². The Balaban J connectivity index is 1.90. The van der Waals surface area contributed by atoms with E-state index in [4.69, 9.17) is 4.42 Å². The highest BCUT2D eigenvalue weighted by atomic mass is 16.3.